The first-order valence-electron chi connectivity index (χ1n) is 4.63. The first kappa shape index (κ1) is 7.44. The summed E-state index contributed by atoms with van der Waals surface area (Å²) in [7, 11) is 0. The maximum absolute atomic E-state index is 2.12. The van der Waals surface area contributed by atoms with E-state index in [4.69, 9.17) is 0 Å². The van der Waals surface area contributed by atoms with Crippen molar-refractivity contribution in [3.05, 3.63) is 72.7 Å². The average molecular weight is 182 g/mol. The van der Waals surface area contributed by atoms with Gasteiger partial charge in [0.2, 0.25) is 0 Å². The third-order valence-corrected chi connectivity index (χ3v) is 2.39. The van der Waals surface area contributed by atoms with Gasteiger partial charge in [0, 0.05) is 24.8 Å². The molecule has 0 N–H and O–H groups in total. The van der Waals surface area contributed by atoms with E-state index in [1.807, 2.05) is 24.3 Å². The van der Waals surface area contributed by atoms with E-state index in [0.29, 0.717) is 0 Å². The van der Waals surface area contributed by atoms with Gasteiger partial charge >= 0.3 is 0 Å². The van der Waals surface area contributed by atoms with Gasteiger partial charge in [0.1, 0.15) is 0 Å². The minimum Gasteiger partial charge on any atom is -0.320 e. The molecule has 0 atom stereocenters. The van der Waals surface area contributed by atoms with Gasteiger partial charge < -0.3 is 9.80 Å². The molecule has 3 aliphatic rings. The van der Waals surface area contributed by atoms with E-state index in [0.717, 1.165) is 0 Å². The van der Waals surface area contributed by atoms with E-state index < -0.39 is 0 Å². The van der Waals surface area contributed by atoms with Crippen LogP contribution in [0.1, 0.15) is 0 Å². The number of hydrogen-bond donors (Lipinski definition) is 0. The van der Waals surface area contributed by atoms with Crippen molar-refractivity contribution < 1.29 is 0 Å². The minimum absolute atomic E-state index is 1.19. The Hall–Kier alpha value is -1.96. The summed E-state index contributed by atoms with van der Waals surface area (Å²) in [6.07, 6.45) is 20.7. The third-order valence-electron chi connectivity index (χ3n) is 2.39. The van der Waals surface area contributed by atoms with Crippen molar-refractivity contribution in [2.24, 2.45) is 0 Å². The van der Waals surface area contributed by atoms with Gasteiger partial charge in [-0.3, -0.25) is 0 Å². The maximum Gasteiger partial charge on any atom is 0.0616 e. The Morgan fingerprint density at radius 1 is 0.643 bits per heavy atom. The van der Waals surface area contributed by atoms with Crippen LogP contribution in [0.5, 0.6) is 0 Å². The molecule has 14 heavy (non-hydrogen) atoms. The summed E-state index contributed by atoms with van der Waals surface area (Å²) in [5.41, 5.74) is 2.38. The molecule has 0 saturated carbocycles. The van der Waals surface area contributed by atoms with Gasteiger partial charge in [-0.25, -0.2) is 0 Å². The first-order chi connectivity index (χ1) is 6.93. The third kappa shape index (κ3) is 1.04. The quantitative estimate of drug-likeness (QED) is 0.567. The summed E-state index contributed by atoms with van der Waals surface area (Å²) in [4.78, 5) is 4.24. The second-order valence-electron chi connectivity index (χ2n) is 3.32. The summed E-state index contributed by atoms with van der Waals surface area (Å²) in [5.74, 6) is 0. The standard InChI is InChI=1S/C12H10N2/c1-3-7-13-10-12-6-2-4-8-14(12)9-11(13)5-1/h1-10H. The zero-order valence-corrected chi connectivity index (χ0v) is 7.67. The molecule has 0 fully saturated rings. The number of fused-ring (bicyclic) bond motifs is 2. The van der Waals surface area contributed by atoms with E-state index >= 15 is 0 Å². The Morgan fingerprint density at radius 2 is 1.14 bits per heavy atom. The number of allylic oxidation sites excluding steroid dienone is 6. The molecule has 0 bridgehead atoms. The normalized spacial score (nSPS) is 21.7. The molecule has 3 rings (SSSR count). The van der Waals surface area contributed by atoms with Crippen molar-refractivity contribution in [3.8, 4) is 0 Å². The molecule has 0 radical (unpaired) electrons. The Kier molecular flexibility index (Phi) is 1.47. The van der Waals surface area contributed by atoms with E-state index in [-0.39, 0.29) is 0 Å². The van der Waals surface area contributed by atoms with Crippen LogP contribution >= 0.6 is 0 Å². The average Bonchev–Trinajstić information content (AvgIpc) is 2.26. The highest BCUT2D eigenvalue weighted by Gasteiger charge is 2.15. The smallest absolute Gasteiger partial charge is 0.0616 e. The van der Waals surface area contributed by atoms with Crippen LogP contribution in [0, 0.1) is 0 Å². The Morgan fingerprint density at radius 3 is 1.64 bits per heavy atom. The zero-order valence-electron chi connectivity index (χ0n) is 7.67. The molecule has 0 aromatic rings. The van der Waals surface area contributed by atoms with Crippen LogP contribution < -0.4 is 0 Å². The van der Waals surface area contributed by atoms with Crippen LogP contribution in [-0.4, -0.2) is 9.80 Å². The van der Waals surface area contributed by atoms with Crippen LogP contribution in [0.4, 0.5) is 0 Å². The highest BCUT2D eigenvalue weighted by atomic mass is 15.2. The molecular formula is C12H10N2. The van der Waals surface area contributed by atoms with Crippen LogP contribution in [0.3, 0.4) is 0 Å². The maximum atomic E-state index is 2.12. The minimum atomic E-state index is 1.19. The molecule has 3 heterocycles. The van der Waals surface area contributed by atoms with Crippen molar-refractivity contribution >= 4 is 0 Å². The topological polar surface area (TPSA) is 6.48 Å². The zero-order chi connectivity index (χ0) is 9.38. The summed E-state index contributed by atoms with van der Waals surface area (Å²) in [6.45, 7) is 0. The van der Waals surface area contributed by atoms with Gasteiger partial charge in [0.25, 0.3) is 0 Å². The number of rotatable bonds is 0. The Balaban J connectivity index is 2.04. The van der Waals surface area contributed by atoms with Crippen LogP contribution in [-0.2, 0) is 0 Å². The van der Waals surface area contributed by atoms with Crippen molar-refractivity contribution in [2.45, 2.75) is 0 Å². The van der Waals surface area contributed by atoms with Gasteiger partial charge in [-0.05, 0) is 24.3 Å². The van der Waals surface area contributed by atoms with Crippen LogP contribution in [0.15, 0.2) is 72.7 Å². The summed E-state index contributed by atoms with van der Waals surface area (Å²) < 4.78 is 0. The molecule has 2 nitrogen and oxygen atoms in total. The van der Waals surface area contributed by atoms with Gasteiger partial charge in [-0.2, -0.15) is 0 Å². The lowest BCUT2D eigenvalue weighted by Gasteiger charge is -2.31. The van der Waals surface area contributed by atoms with Crippen LogP contribution in [0.2, 0.25) is 0 Å². The van der Waals surface area contributed by atoms with Crippen molar-refractivity contribution in [2.75, 3.05) is 0 Å². The predicted octanol–water partition coefficient (Wildman–Crippen LogP) is 2.45. The Labute approximate surface area is 83.1 Å². The number of hydrogen-bond acceptors (Lipinski definition) is 2. The molecule has 0 aliphatic carbocycles. The second kappa shape index (κ2) is 2.77. The van der Waals surface area contributed by atoms with Gasteiger partial charge in [-0.15, -0.1) is 0 Å². The second-order valence-corrected chi connectivity index (χ2v) is 3.32. The fourth-order valence-electron chi connectivity index (χ4n) is 1.68. The molecule has 3 aliphatic heterocycles. The Bertz CT molecular complexity index is 391. The molecule has 2 heteroatoms. The van der Waals surface area contributed by atoms with E-state index in [1.54, 1.807) is 0 Å². The SMILES string of the molecule is C1=CC2=CN3C=CC=CC3=CN2C=C1. The molecular weight excluding hydrogens is 172 g/mol. The van der Waals surface area contributed by atoms with E-state index in [2.05, 4.69) is 46.8 Å². The predicted molar refractivity (Wildman–Crippen MR) is 56.4 cm³/mol. The molecule has 0 aromatic heterocycles. The highest BCUT2D eigenvalue weighted by Crippen LogP contribution is 2.25. The van der Waals surface area contributed by atoms with Gasteiger partial charge in [-0.1, -0.05) is 12.2 Å². The molecule has 0 amide bonds. The van der Waals surface area contributed by atoms with Crippen molar-refractivity contribution in [3.63, 3.8) is 0 Å². The van der Waals surface area contributed by atoms with Gasteiger partial charge in [0.05, 0.1) is 11.4 Å². The monoisotopic (exact) mass is 182 g/mol. The van der Waals surface area contributed by atoms with Gasteiger partial charge in [0.15, 0.2) is 0 Å². The number of nitrogens with zero attached hydrogens (tertiary/aromatic N) is 2. The van der Waals surface area contributed by atoms with E-state index in [9.17, 15) is 0 Å². The lowest BCUT2D eigenvalue weighted by atomic mass is 10.2. The van der Waals surface area contributed by atoms with E-state index in [1.165, 1.54) is 11.4 Å². The van der Waals surface area contributed by atoms with Crippen LogP contribution in [0.25, 0.3) is 0 Å². The summed E-state index contributed by atoms with van der Waals surface area (Å²) in [6, 6.07) is 0. The first-order valence-corrected chi connectivity index (χ1v) is 4.63. The fourth-order valence-corrected chi connectivity index (χ4v) is 1.68. The summed E-state index contributed by atoms with van der Waals surface area (Å²) in [5, 5.41) is 0. The molecule has 0 unspecified atom stereocenters. The molecule has 0 saturated heterocycles. The largest absolute Gasteiger partial charge is 0.320 e. The molecule has 0 spiro atoms. The molecule has 0 aromatic carbocycles. The van der Waals surface area contributed by atoms with Crippen molar-refractivity contribution in [1.82, 2.24) is 9.80 Å². The fraction of sp³-hybridized carbons (Fsp3) is 0. The lowest BCUT2D eigenvalue weighted by molar-refractivity contribution is 0.522. The molecule has 68 valence electrons. The lowest BCUT2D eigenvalue weighted by Crippen LogP contribution is -2.23. The summed E-state index contributed by atoms with van der Waals surface area (Å²) >= 11 is 0. The highest BCUT2D eigenvalue weighted by molar-refractivity contribution is 5.39. The van der Waals surface area contributed by atoms with Crippen molar-refractivity contribution in [1.29, 1.82) is 0 Å².